The van der Waals surface area contributed by atoms with E-state index in [2.05, 4.69) is 26.5 Å². The second-order valence-corrected chi connectivity index (χ2v) is 9.56. The van der Waals surface area contributed by atoms with Gasteiger partial charge < -0.3 is 15.0 Å². The number of nitrogens with one attached hydrogen (secondary N) is 1. The Labute approximate surface area is 197 Å². The smallest absolute Gasteiger partial charge is 0.250 e. The molecule has 2 aromatic rings. The summed E-state index contributed by atoms with van der Waals surface area (Å²) < 4.78 is 6.97. The standard InChI is InChI=1S/C23H28N8O3/c1-22(2,19(32)29-9-11-34-12-10-29)31-14-17(13-26-31)27-21-25-7-5-18(28-21)30-8-6-23(15-24,20(30)33)16-3-4-16/h5,7,13-14,16H,3-4,6,8-12H2,1-2H3,(H,25,27,28)/t23-/m1/s1. The number of hydrogen-bond donors (Lipinski definition) is 1. The molecule has 2 aliphatic heterocycles. The van der Waals surface area contributed by atoms with Crippen LogP contribution in [0.4, 0.5) is 17.5 Å². The summed E-state index contributed by atoms with van der Waals surface area (Å²) in [5, 5.41) is 17.2. The molecule has 1 atom stereocenters. The summed E-state index contributed by atoms with van der Waals surface area (Å²) in [6.07, 6.45) is 7.31. The van der Waals surface area contributed by atoms with Crippen molar-refractivity contribution in [1.82, 2.24) is 24.6 Å². The maximum Gasteiger partial charge on any atom is 0.250 e. The molecule has 4 heterocycles. The van der Waals surface area contributed by atoms with Crippen molar-refractivity contribution < 1.29 is 14.3 Å². The van der Waals surface area contributed by atoms with E-state index in [0.29, 0.717) is 56.7 Å². The van der Waals surface area contributed by atoms with Gasteiger partial charge in [-0.05, 0) is 45.1 Å². The largest absolute Gasteiger partial charge is 0.378 e. The van der Waals surface area contributed by atoms with E-state index in [4.69, 9.17) is 4.74 Å². The molecule has 11 nitrogen and oxygen atoms in total. The number of anilines is 3. The van der Waals surface area contributed by atoms with Crippen LogP contribution in [0.25, 0.3) is 0 Å². The lowest BCUT2D eigenvalue weighted by atomic mass is 9.83. The number of ether oxygens (including phenoxy) is 1. The van der Waals surface area contributed by atoms with E-state index < -0.39 is 11.0 Å². The Kier molecular flexibility index (Phi) is 5.48. The van der Waals surface area contributed by atoms with E-state index >= 15 is 0 Å². The van der Waals surface area contributed by atoms with Crippen LogP contribution in [0.3, 0.4) is 0 Å². The topological polar surface area (TPSA) is 129 Å². The van der Waals surface area contributed by atoms with Gasteiger partial charge in [-0.2, -0.15) is 15.3 Å². The average molecular weight is 465 g/mol. The lowest BCUT2D eigenvalue weighted by molar-refractivity contribution is -0.143. The molecule has 2 saturated heterocycles. The second kappa shape index (κ2) is 8.36. The fourth-order valence-electron chi connectivity index (χ4n) is 4.74. The molecule has 0 aromatic carbocycles. The van der Waals surface area contributed by atoms with Crippen LogP contribution in [0, 0.1) is 22.7 Å². The molecule has 1 aliphatic carbocycles. The lowest BCUT2D eigenvalue weighted by Crippen LogP contribution is -2.51. The number of hydrogen-bond acceptors (Lipinski definition) is 8. The van der Waals surface area contributed by atoms with Gasteiger partial charge in [0.25, 0.3) is 0 Å². The van der Waals surface area contributed by atoms with Crippen molar-refractivity contribution in [2.24, 2.45) is 11.3 Å². The normalized spacial score (nSPS) is 23.1. The Morgan fingerprint density at radius 1 is 1.29 bits per heavy atom. The lowest BCUT2D eigenvalue weighted by Gasteiger charge is -2.34. The van der Waals surface area contributed by atoms with Crippen molar-refractivity contribution in [1.29, 1.82) is 5.26 Å². The molecule has 11 heteroatoms. The minimum Gasteiger partial charge on any atom is -0.378 e. The van der Waals surface area contributed by atoms with Gasteiger partial charge in [-0.3, -0.25) is 19.2 Å². The fourth-order valence-corrected chi connectivity index (χ4v) is 4.74. The Bertz CT molecular complexity index is 1150. The molecular formula is C23H28N8O3. The number of amides is 2. The molecule has 1 N–H and O–H groups in total. The maximum absolute atomic E-state index is 13.1. The Morgan fingerprint density at radius 3 is 2.76 bits per heavy atom. The van der Waals surface area contributed by atoms with Crippen LogP contribution >= 0.6 is 0 Å². The van der Waals surface area contributed by atoms with Crippen LogP contribution in [0.1, 0.15) is 33.1 Å². The summed E-state index contributed by atoms with van der Waals surface area (Å²) in [6, 6.07) is 3.97. The molecule has 0 spiro atoms. The number of morpholine rings is 1. The molecule has 0 radical (unpaired) electrons. The molecule has 5 rings (SSSR count). The highest BCUT2D eigenvalue weighted by Gasteiger charge is 2.57. The highest BCUT2D eigenvalue weighted by molar-refractivity contribution is 6.01. The number of nitrogens with zero attached hydrogens (tertiary/aromatic N) is 7. The van der Waals surface area contributed by atoms with Gasteiger partial charge >= 0.3 is 0 Å². The van der Waals surface area contributed by atoms with Crippen molar-refractivity contribution in [3.8, 4) is 6.07 Å². The number of rotatable bonds is 6. The van der Waals surface area contributed by atoms with E-state index in [-0.39, 0.29) is 17.7 Å². The summed E-state index contributed by atoms with van der Waals surface area (Å²) in [5.41, 5.74) is -1.17. The summed E-state index contributed by atoms with van der Waals surface area (Å²) in [5.74, 6) is 0.744. The maximum atomic E-state index is 13.1. The number of carbonyl (C=O) groups is 2. The van der Waals surface area contributed by atoms with Crippen LogP contribution in [-0.4, -0.2) is 69.3 Å². The van der Waals surface area contributed by atoms with Gasteiger partial charge in [-0.1, -0.05) is 0 Å². The third-order valence-corrected chi connectivity index (χ3v) is 6.98. The minimum atomic E-state index is -0.918. The molecule has 34 heavy (non-hydrogen) atoms. The third kappa shape index (κ3) is 3.77. The number of aromatic nitrogens is 4. The first-order valence-electron chi connectivity index (χ1n) is 11.6. The van der Waals surface area contributed by atoms with Crippen molar-refractivity contribution >= 4 is 29.3 Å². The molecule has 3 fully saturated rings. The first-order chi connectivity index (χ1) is 16.3. The molecule has 1 saturated carbocycles. The van der Waals surface area contributed by atoms with Crippen LogP contribution in [0.2, 0.25) is 0 Å². The van der Waals surface area contributed by atoms with Crippen LogP contribution in [0.5, 0.6) is 0 Å². The van der Waals surface area contributed by atoms with Gasteiger partial charge in [0.05, 0.1) is 31.2 Å². The number of carbonyl (C=O) groups excluding carboxylic acids is 2. The van der Waals surface area contributed by atoms with Crippen molar-refractivity contribution in [2.45, 2.75) is 38.6 Å². The van der Waals surface area contributed by atoms with Gasteiger partial charge in [-0.25, -0.2) is 4.98 Å². The summed E-state index contributed by atoms with van der Waals surface area (Å²) in [7, 11) is 0. The average Bonchev–Trinajstić information content (AvgIpc) is 3.50. The molecule has 3 aliphatic rings. The second-order valence-electron chi connectivity index (χ2n) is 9.56. The first kappa shape index (κ1) is 22.3. The Hall–Kier alpha value is -3.52. The SMILES string of the molecule is CC(C)(C(=O)N1CCOCC1)n1cc(Nc2nccc(N3CC[C@@](C#N)(C4CC4)C3=O)n2)cn1. The third-order valence-electron chi connectivity index (χ3n) is 6.98. The van der Waals surface area contributed by atoms with Crippen LogP contribution in [-0.2, 0) is 19.9 Å². The monoisotopic (exact) mass is 464 g/mol. The van der Waals surface area contributed by atoms with Gasteiger partial charge in [0.2, 0.25) is 17.8 Å². The molecule has 2 aromatic heterocycles. The van der Waals surface area contributed by atoms with Crippen molar-refractivity contribution in [3.63, 3.8) is 0 Å². The minimum absolute atomic E-state index is 0.0205. The van der Waals surface area contributed by atoms with E-state index in [9.17, 15) is 14.9 Å². The van der Waals surface area contributed by atoms with Crippen molar-refractivity contribution in [2.75, 3.05) is 43.1 Å². The Balaban J connectivity index is 1.30. The zero-order valence-corrected chi connectivity index (χ0v) is 19.4. The van der Waals surface area contributed by atoms with Crippen LogP contribution in [0.15, 0.2) is 24.7 Å². The summed E-state index contributed by atoms with van der Waals surface area (Å²) in [4.78, 5) is 38.3. The molecule has 0 unspecified atom stereocenters. The van der Waals surface area contributed by atoms with Crippen molar-refractivity contribution in [3.05, 3.63) is 24.7 Å². The van der Waals surface area contributed by atoms with E-state index in [1.807, 2.05) is 13.8 Å². The van der Waals surface area contributed by atoms with Gasteiger partial charge in [0.1, 0.15) is 16.8 Å². The van der Waals surface area contributed by atoms with Gasteiger partial charge in [0, 0.05) is 32.0 Å². The van der Waals surface area contributed by atoms with Gasteiger partial charge in [0.15, 0.2) is 0 Å². The zero-order valence-electron chi connectivity index (χ0n) is 19.4. The Morgan fingerprint density at radius 2 is 2.06 bits per heavy atom. The molecule has 0 bridgehead atoms. The highest BCUT2D eigenvalue weighted by Crippen LogP contribution is 2.51. The summed E-state index contributed by atoms with van der Waals surface area (Å²) in [6.45, 7) is 6.35. The van der Waals surface area contributed by atoms with E-state index in [1.54, 1.807) is 39.1 Å². The van der Waals surface area contributed by atoms with Gasteiger partial charge in [-0.15, -0.1) is 0 Å². The predicted molar refractivity (Wildman–Crippen MR) is 122 cm³/mol. The molecule has 2 amide bonds. The fraction of sp³-hybridized carbons (Fsp3) is 0.565. The predicted octanol–water partition coefficient (Wildman–Crippen LogP) is 1.67. The quantitative estimate of drug-likeness (QED) is 0.683. The molecule has 178 valence electrons. The molecular weight excluding hydrogens is 436 g/mol. The van der Waals surface area contributed by atoms with E-state index in [0.717, 1.165) is 12.8 Å². The van der Waals surface area contributed by atoms with E-state index in [1.165, 1.54) is 0 Å². The van der Waals surface area contributed by atoms with Crippen LogP contribution < -0.4 is 10.2 Å². The first-order valence-corrected chi connectivity index (χ1v) is 11.6. The number of nitriles is 1. The zero-order chi connectivity index (χ0) is 23.9. The summed E-state index contributed by atoms with van der Waals surface area (Å²) >= 11 is 0. The highest BCUT2D eigenvalue weighted by atomic mass is 16.5.